The third-order valence-corrected chi connectivity index (χ3v) is 4.84. The summed E-state index contributed by atoms with van der Waals surface area (Å²) in [4.78, 5) is 8.74. The summed E-state index contributed by atoms with van der Waals surface area (Å²) in [5, 5.41) is 19.0. The van der Waals surface area contributed by atoms with E-state index in [0.29, 0.717) is 17.9 Å². The number of ether oxygens (including phenoxy) is 1. The van der Waals surface area contributed by atoms with Crippen molar-refractivity contribution in [2.75, 3.05) is 38.3 Å². The van der Waals surface area contributed by atoms with Gasteiger partial charge in [-0.25, -0.2) is 4.98 Å². The maximum Gasteiger partial charge on any atom is 0.233 e. The Labute approximate surface area is 154 Å². The number of hydrogen-bond donors (Lipinski definition) is 1. The zero-order valence-electron chi connectivity index (χ0n) is 15.0. The topological polar surface area (TPSA) is 72.6 Å². The lowest BCUT2D eigenvalue weighted by molar-refractivity contribution is 0.135. The number of anilines is 1. The molecule has 0 unspecified atom stereocenters. The van der Waals surface area contributed by atoms with Crippen molar-refractivity contribution in [2.24, 2.45) is 0 Å². The standard InChI is InChI=1S/C20H24N4O2/c1-26-20-18(13-21)19(7-9-22-20)24-11-10-23(17(15-24)8-12-25)14-16-5-3-2-4-6-16/h2-7,9,17,25H,8,10-12,14-15H2,1H3/t17-/m0/s1. The number of benzene rings is 1. The van der Waals surface area contributed by atoms with E-state index >= 15 is 0 Å². The summed E-state index contributed by atoms with van der Waals surface area (Å²) in [7, 11) is 1.53. The minimum Gasteiger partial charge on any atom is -0.480 e. The highest BCUT2D eigenvalue weighted by molar-refractivity contribution is 5.63. The fourth-order valence-corrected chi connectivity index (χ4v) is 3.52. The van der Waals surface area contributed by atoms with Crippen molar-refractivity contribution in [3.63, 3.8) is 0 Å². The molecule has 2 heterocycles. The van der Waals surface area contributed by atoms with E-state index in [-0.39, 0.29) is 12.6 Å². The maximum absolute atomic E-state index is 9.53. The molecule has 1 aliphatic heterocycles. The molecule has 3 rings (SSSR count). The Morgan fingerprint density at radius 3 is 2.77 bits per heavy atom. The first-order valence-corrected chi connectivity index (χ1v) is 8.83. The Kier molecular flexibility index (Phi) is 6.05. The third kappa shape index (κ3) is 3.96. The molecule has 2 aromatic rings. The van der Waals surface area contributed by atoms with Crippen LogP contribution < -0.4 is 9.64 Å². The van der Waals surface area contributed by atoms with Gasteiger partial charge in [-0.15, -0.1) is 0 Å². The molecule has 1 fully saturated rings. The van der Waals surface area contributed by atoms with Crippen LogP contribution in [0.3, 0.4) is 0 Å². The van der Waals surface area contributed by atoms with Crippen molar-refractivity contribution < 1.29 is 9.84 Å². The second-order valence-electron chi connectivity index (χ2n) is 6.39. The molecule has 1 aromatic heterocycles. The van der Waals surface area contributed by atoms with Crippen LogP contribution >= 0.6 is 0 Å². The molecule has 0 saturated carbocycles. The van der Waals surface area contributed by atoms with Gasteiger partial charge in [0.25, 0.3) is 0 Å². The van der Waals surface area contributed by atoms with E-state index in [0.717, 1.165) is 31.9 Å². The first-order valence-electron chi connectivity index (χ1n) is 8.83. The van der Waals surface area contributed by atoms with Gasteiger partial charge in [0, 0.05) is 45.0 Å². The molecule has 0 aliphatic carbocycles. The van der Waals surface area contributed by atoms with Gasteiger partial charge in [0.1, 0.15) is 11.6 Å². The normalized spacial score (nSPS) is 17.7. The van der Waals surface area contributed by atoms with Crippen molar-refractivity contribution in [3.8, 4) is 11.9 Å². The molecule has 136 valence electrons. The lowest BCUT2D eigenvalue weighted by Gasteiger charge is -2.42. The summed E-state index contributed by atoms with van der Waals surface area (Å²) in [6.45, 7) is 3.46. The predicted molar refractivity (Wildman–Crippen MR) is 100 cm³/mol. The summed E-state index contributed by atoms with van der Waals surface area (Å²) in [5.74, 6) is 0.357. The number of piperazine rings is 1. The highest BCUT2D eigenvalue weighted by atomic mass is 16.5. The van der Waals surface area contributed by atoms with Crippen molar-refractivity contribution in [1.29, 1.82) is 5.26 Å². The first kappa shape index (κ1) is 18.2. The van der Waals surface area contributed by atoms with Crippen LogP contribution in [0.15, 0.2) is 42.6 Å². The first-order chi connectivity index (χ1) is 12.8. The van der Waals surface area contributed by atoms with E-state index in [2.05, 4.69) is 45.1 Å². The average Bonchev–Trinajstić information content (AvgIpc) is 2.69. The van der Waals surface area contributed by atoms with Gasteiger partial charge in [0.15, 0.2) is 0 Å². The van der Waals surface area contributed by atoms with Gasteiger partial charge in [-0.3, -0.25) is 4.90 Å². The van der Waals surface area contributed by atoms with Crippen LogP contribution in [-0.2, 0) is 6.54 Å². The second-order valence-corrected chi connectivity index (χ2v) is 6.39. The van der Waals surface area contributed by atoms with Crippen molar-refractivity contribution >= 4 is 5.69 Å². The van der Waals surface area contributed by atoms with E-state index in [9.17, 15) is 10.4 Å². The molecule has 0 amide bonds. The SMILES string of the molecule is COc1nccc(N2CCN(Cc3ccccc3)[C@@H](CCO)C2)c1C#N. The molecular weight excluding hydrogens is 328 g/mol. The Morgan fingerprint density at radius 2 is 2.08 bits per heavy atom. The molecule has 6 nitrogen and oxygen atoms in total. The largest absolute Gasteiger partial charge is 0.480 e. The molecule has 1 aliphatic rings. The van der Waals surface area contributed by atoms with Crippen LogP contribution in [-0.4, -0.2) is 54.4 Å². The molecule has 26 heavy (non-hydrogen) atoms. The summed E-state index contributed by atoms with van der Waals surface area (Å²) >= 11 is 0. The van der Waals surface area contributed by atoms with E-state index in [1.807, 2.05) is 12.1 Å². The highest BCUT2D eigenvalue weighted by Gasteiger charge is 2.28. The summed E-state index contributed by atoms with van der Waals surface area (Å²) in [6.07, 6.45) is 2.37. The lowest BCUT2D eigenvalue weighted by Crippen LogP contribution is -2.53. The second kappa shape index (κ2) is 8.65. The number of methoxy groups -OCH3 is 1. The molecule has 6 heteroatoms. The Morgan fingerprint density at radius 1 is 1.27 bits per heavy atom. The zero-order chi connectivity index (χ0) is 18.4. The smallest absolute Gasteiger partial charge is 0.233 e. The van der Waals surface area contributed by atoms with Crippen LogP contribution in [0.4, 0.5) is 5.69 Å². The zero-order valence-corrected chi connectivity index (χ0v) is 15.0. The molecular formula is C20H24N4O2. The van der Waals surface area contributed by atoms with Gasteiger partial charge in [-0.05, 0) is 18.1 Å². The van der Waals surface area contributed by atoms with Gasteiger partial charge in [-0.1, -0.05) is 30.3 Å². The quantitative estimate of drug-likeness (QED) is 0.858. The number of aromatic nitrogens is 1. The van der Waals surface area contributed by atoms with Crippen molar-refractivity contribution in [3.05, 3.63) is 53.7 Å². The molecule has 0 bridgehead atoms. The van der Waals surface area contributed by atoms with Crippen LogP contribution in [0, 0.1) is 11.3 Å². The van der Waals surface area contributed by atoms with E-state index in [1.165, 1.54) is 12.7 Å². The molecule has 1 atom stereocenters. The van der Waals surface area contributed by atoms with Gasteiger partial charge in [-0.2, -0.15) is 5.26 Å². The molecule has 1 saturated heterocycles. The summed E-state index contributed by atoms with van der Waals surface area (Å²) < 4.78 is 5.23. The van der Waals surface area contributed by atoms with E-state index in [4.69, 9.17) is 4.74 Å². The fraction of sp³-hybridized carbons (Fsp3) is 0.400. The molecule has 0 radical (unpaired) electrons. The maximum atomic E-state index is 9.53. The minimum absolute atomic E-state index is 0.147. The summed E-state index contributed by atoms with van der Waals surface area (Å²) in [5.41, 5.74) is 2.59. The van der Waals surface area contributed by atoms with Crippen LogP contribution in [0.5, 0.6) is 5.88 Å². The third-order valence-electron chi connectivity index (χ3n) is 4.84. The molecule has 1 aromatic carbocycles. The van der Waals surface area contributed by atoms with Crippen molar-refractivity contribution in [2.45, 2.75) is 19.0 Å². The van der Waals surface area contributed by atoms with Gasteiger partial charge in [0.05, 0.1) is 12.8 Å². The number of nitrogens with zero attached hydrogens (tertiary/aromatic N) is 4. The number of aliphatic hydroxyl groups is 1. The fourth-order valence-electron chi connectivity index (χ4n) is 3.52. The number of rotatable bonds is 6. The Balaban J connectivity index is 1.79. The Bertz CT molecular complexity index is 760. The van der Waals surface area contributed by atoms with Gasteiger partial charge >= 0.3 is 0 Å². The number of pyridine rings is 1. The van der Waals surface area contributed by atoms with E-state index < -0.39 is 0 Å². The van der Waals surface area contributed by atoms with E-state index in [1.54, 1.807) is 6.20 Å². The Hall–Kier alpha value is -2.62. The van der Waals surface area contributed by atoms with Crippen LogP contribution in [0.2, 0.25) is 0 Å². The minimum atomic E-state index is 0.147. The van der Waals surface area contributed by atoms with Crippen molar-refractivity contribution in [1.82, 2.24) is 9.88 Å². The average molecular weight is 352 g/mol. The number of aliphatic hydroxyl groups excluding tert-OH is 1. The van der Waals surface area contributed by atoms with Crippen LogP contribution in [0.25, 0.3) is 0 Å². The van der Waals surface area contributed by atoms with Crippen LogP contribution in [0.1, 0.15) is 17.5 Å². The monoisotopic (exact) mass is 352 g/mol. The summed E-state index contributed by atoms with van der Waals surface area (Å²) in [6, 6.07) is 14.7. The number of hydrogen-bond acceptors (Lipinski definition) is 6. The number of nitriles is 1. The lowest BCUT2D eigenvalue weighted by atomic mass is 10.1. The highest BCUT2D eigenvalue weighted by Crippen LogP contribution is 2.29. The van der Waals surface area contributed by atoms with Gasteiger partial charge in [0.2, 0.25) is 5.88 Å². The molecule has 1 N–H and O–H groups in total. The molecule has 0 spiro atoms. The van der Waals surface area contributed by atoms with Gasteiger partial charge < -0.3 is 14.7 Å². The predicted octanol–water partition coefficient (Wildman–Crippen LogP) is 2.04.